The summed E-state index contributed by atoms with van der Waals surface area (Å²) in [5.74, 6) is 0.914. The van der Waals surface area contributed by atoms with Gasteiger partial charge in [0.25, 0.3) is 0 Å². The molecule has 0 bridgehead atoms. The molecule has 1 aliphatic carbocycles. The number of unbranched alkanes of at least 4 members (excludes halogenated alkanes) is 8. The van der Waals surface area contributed by atoms with Gasteiger partial charge in [0.15, 0.2) is 0 Å². The Bertz CT molecular complexity index is 315. The molecule has 2 aliphatic rings. The second kappa shape index (κ2) is 10.4. The van der Waals surface area contributed by atoms with Crippen molar-refractivity contribution in [3.63, 3.8) is 0 Å². The summed E-state index contributed by atoms with van der Waals surface area (Å²) >= 11 is 0. The molecule has 3 atom stereocenters. The maximum atomic E-state index is 12.3. The molecule has 0 amide bonds. The van der Waals surface area contributed by atoms with Gasteiger partial charge < -0.3 is 5.32 Å². The minimum Gasteiger partial charge on any atom is -0.310 e. The van der Waals surface area contributed by atoms with Gasteiger partial charge in [-0.25, -0.2) is 0 Å². The van der Waals surface area contributed by atoms with Crippen LogP contribution in [-0.2, 0) is 4.79 Å². The van der Waals surface area contributed by atoms with E-state index in [4.69, 9.17) is 0 Å². The van der Waals surface area contributed by atoms with Crippen molar-refractivity contribution >= 4 is 5.78 Å². The van der Waals surface area contributed by atoms with E-state index in [0.29, 0.717) is 23.8 Å². The topological polar surface area (TPSA) is 29.1 Å². The molecule has 0 radical (unpaired) electrons. The highest BCUT2D eigenvalue weighted by Crippen LogP contribution is 2.31. The molecule has 0 aromatic rings. The zero-order valence-electron chi connectivity index (χ0n) is 14.7. The molecule has 0 spiro atoms. The smallest absolute Gasteiger partial charge is 0.139 e. The van der Waals surface area contributed by atoms with E-state index >= 15 is 0 Å². The van der Waals surface area contributed by atoms with Crippen molar-refractivity contribution in [3.05, 3.63) is 0 Å². The van der Waals surface area contributed by atoms with E-state index in [-0.39, 0.29) is 0 Å². The third-order valence-corrected chi connectivity index (χ3v) is 5.73. The van der Waals surface area contributed by atoms with E-state index in [1.807, 2.05) is 0 Å². The van der Waals surface area contributed by atoms with E-state index in [2.05, 4.69) is 12.2 Å². The summed E-state index contributed by atoms with van der Waals surface area (Å²) < 4.78 is 0. The van der Waals surface area contributed by atoms with Crippen LogP contribution in [-0.4, -0.2) is 17.9 Å². The van der Waals surface area contributed by atoms with Gasteiger partial charge in [0.1, 0.15) is 5.78 Å². The van der Waals surface area contributed by atoms with Gasteiger partial charge in [-0.3, -0.25) is 4.79 Å². The number of carbonyl (C=O) groups is 1. The monoisotopic (exact) mass is 307 g/mol. The van der Waals surface area contributed by atoms with Gasteiger partial charge in [-0.1, -0.05) is 77.6 Å². The van der Waals surface area contributed by atoms with Gasteiger partial charge in [-0.2, -0.15) is 0 Å². The van der Waals surface area contributed by atoms with E-state index < -0.39 is 0 Å². The first-order valence-electron chi connectivity index (χ1n) is 10.1. The molecule has 2 nitrogen and oxygen atoms in total. The molecular weight excluding hydrogens is 270 g/mol. The Morgan fingerprint density at radius 2 is 1.55 bits per heavy atom. The normalized spacial score (nSPS) is 28.6. The van der Waals surface area contributed by atoms with Crippen LogP contribution < -0.4 is 5.32 Å². The summed E-state index contributed by atoms with van der Waals surface area (Å²) in [6.07, 6.45) is 19.4. The lowest BCUT2D eigenvalue weighted by Gasteiger charge is -2.39. The number of hydrogen-bond donors (Lipinski definition) is 1. The zero-order valence-corrected chi connectivity index (χ0v) is 14.7. The van der Waals surface area contributed by atoms with Crippen molar-refractivity contribution in [1.82, 2.24) is 5.32 Å². The Morgan fingerprint density at radius 1 is 0.909 bits per heavy atom. The number of ketones is 1. The Kier molecular flexibility index (Phi) is 8.51. The number of nitrogens with one attached hydrogen (secondary N) is 1. The van der Waals surface area contributed by atoms with E-state index in [1.165, 1.54) is 83.5 Å². The van der Waals surface area contributed by atoms with Crippen LogP contribution in [0.25, 0.3) is 0 Å². The number of fused-ring (bicyclic) bond motifs is 1. The number of piperidine rings is 1. The number of carbonyl (C=O) groups excluding carboxylic acids is 1. The van der Waals surface area contributed by atoms with Gasteiger partial charge in [0.2, 0.25) is 0 Å². The maximum Gasteiger partial charge on any atom is 0.139 e. The van der Waals surface area contributed by atoms with Crippen LogP contribution >= 0.6 is 0 Å². The molecule has 0 aromatic heterocycles. The maximum absolute atomic E-state index is 12.3. The average molecular weight is 308 g/mol. The van der Waals surface area contributed by atoms with Gasteiger partial charge in [0.05, 0.1) is 0 Å². The second-order valence-electron chi connectivity index (χ2n) is 7.65. The lowest BCUT2D eigenvalue weighted by Crippen LogP contribution is -2.53. The van der Waals surface area contributed by atoms with E-state index in [1.54, 1.807) is 0 Å². The van der Waals surface area contributed by atoms with Gasteiger partial charge >= 0.3 is 0 Å². The first-order chi connectivity index (χ1) is 10.8. The SMILES string of the molecule is CCCCCCCCCCC[C@@H]1CC(=O)[C@@H]2CCCC[C@H]2N1. The Morgan fingerprint density at radius 3 is 2.27 bits per heavy atom. The standard InChI is InChI=1S/C20H37NO/c1-2-3-4-5-6-7-8-9-10-13-17-16-20(22)18-14-11-12-15-19(18)21-17/h17-19,21H,2-16H2,1H3/t17-,18-,19-/m1/s1. The second-order valence-corrected chi connectivity index (χ2v) is 7.65. The predicted molar refractivity (Wildman–Crippen MR) is 94.1 cm³/mol. The van der Waals surface area contributed by atoms with Crippen LogP contribution in [0.15, 0.2) is 0 Å². The quantitative estimate of drug-likeness (QED) is 0.548. The molecule has 128 valence electrons. The number of rotatable bonds is 10. The molecule has 2 heteroatoms. The van der Waals surface area contributed by atoms with Crippen LogP contribution in [0.4, 0.5) is 0 Å². The van der Waals surface area contributed by atoms with Crippen molar-refractivity contribution in [2.75, 3.05) is 0 Å². The number of hydrogen-bond acceptors (Lipinski definition) is 2. The van der Waals surface area contributed by atoms with Gasteiger partial charge in [-0.15, -0.1) is 0 Å². The van der Waals surface area contributed by atoms with Crippen molar-refractivity contribution < 1.29 is 4.79 Å². The number of Topliss-reactive ketones (excluding diaryl/α,β-unsaturated/α-hetero) is 1. The largest absolute Gasteiger partial charge is 0.310 e. The predicted octanol–water partition coefficient (Wildman–Crippen LogP) is 5.40. The third kappa shape index (κ3) is 6.02. The van der Waals surface area contributed by atoms with Crippen LogP contribution in [0, 0.1) is 5.92 Å². The van der Waals surface area contributed by atoms with Crippen molar-refractivity contribution in [2.45, 2.75) is 115 Å². The minimum atomic E-state index is 0.355. The fourth-order valence-electron chi connectivity index (χ4n) is 4.36. The van der Waals surface area contributed by atoms with Crippen molar-refractivity contribution in [2.24, 2.45) is 5.92 Å². The first kappa shape index (κ1) is 18.0. The van der Waals surface area contributed by atoms with E-state index in [9.17, 15) is 4.79 Å². The molecule has 1 saturated heterocycles. The summed E-state index contributed by atoms with van der Waals surface area (Å²) in [7, 11) is 0. The highest BCUT2D eigenvalue weighted by Gasteiger charge is 2.36. The Hall–Kier alpha value is -0.370. The fourth-order valence-corrected chi connectivity index (χ4v) is 4.36. The Labute approximate surface area is 137 Å². The van der Waals surface area contributed by atoms with Gasteiger partial charge in [-0.05, 0) is 19.3 Å². The van der Waals surface area contributed by atoms with E-state index in [0.717, 1.165) is 12.8 Å². The van der Waals surface area contributed by atoms with Crippen LogP contribution in [0.2, 0.25) is 0 Å². The lowest BCUT2D eigenvalue weighted by atomic mass is 9.76. The molecule has 1 aliphatic heterocycles. The summed E-state index contributed by atoms with van der Waals surface area (Å²) in [6, 6.07) is 0.995. The lowest BCUT2D eigenvalue weighted by molar-refractivity contribution is -0.127. The molecular formula is C20H37NO. The zero-order chi connectivity index (χ0) is 15.6. The van der Waals surface area contributed by atoms with Crippen LogP contribution in [0.3, 0.4) is 0 Å². The van der Waals surface area contributed by atoms with Crippen LogP contribution in [0.5, 0.6) is 0 Å². The summed E-state index contributed by atoms with van der Waals surface area (Å²) in [5, 5.41) is 3.79. The van der Waals surface area contributed by atoms with Crippen LogP contribution in [0.1, 0.15) is 103 Å². The van der Waals surface area contributed by atoms with Gasteiger partial charge in [0, 0.05) is 24.4 Å². The average Bonchev–Trinajstić information content (AvgIpc) is 2.53. The summed E-state index contributed by atoms with van der Waals surface area (Å²) in [6.45, 7) is 2.28. The van der Waals surface area contributed by atoms with Crippen molar-refractivity contribution in [1.29, 1.82) is 0 Å². The molecule has 22 heavy (non-hydrogen) atoms. The third-order valence-electron chi connectivity index (χ3n) is 5.73. The molecule has 0 unspecified atom stereocenters. The first-order valence-corrected chi connectivity index (χ1v) is 10.1. The fraction of sp³-hybridized carbons (Fsp3) is 0.950. The van der Waals surface area contributed by atoms with Crippen molar-refractivity contribution in [3.8, 4) is 0 Å². The summed E-state index contributed by atoms with van der Waals surface area (Å²) in [4.78, 5) is 12.3. The molecule has 1 heterocycles. The minimum absolute atomic E-state index is 0.355. The molecule has 2 fully saturated rings. The summed E-state index contributed by atoms with van der Waals surface area (Å²) in [5.41, 5.74) is 0. The highest BCUT2D eigenvalue weighted by molar-refractivity contribution is 5.83. The molecule has 1 saturated carbocycles. The molecule has 2 rings (SSSR count). The molecule has 0 aromatic carbocycles. The molecule has 1 N–H and O–H groups in total. The Balaban J connectivity index is 1.50. The highest BCUT2D eigenvalue weighted by atomic mass is 16.1.